The molecule has 3 rings (SSSR count). The number of rotatable bonds is 4. The van der Waals surface area contributed by atoms with Crippen molar-refractivity contribution in [1.82, 2.24) is 5.32 Å². The number of ketones is 1. The Morgan fingerprint density at radius 2 is 2.10 bits per heavy atom. The maximum atomic E-state index is 11.1. The molecule has 1 aromatic rings. The van der Waals surface area contributed by atoms with Crippen LogP contribution in [-0.4, -0.2) is 18.9 Å². The fourth-order valence-electron chi connectivity index (χ4n) is 3.73. The zero-order chi connectivity index (χ0) is 14.7. The Morgan fingerprint density at radius 1 is 1.29 bits per heavy atom. The summed E-state index contributed by atoms with van der Waals surface area (Å²) < 4.78 is 5.59. The summed E-state index contributed by atoms with van der Waals surface area (Å²) in [5.41, 5.74) is 2.84. The Bertz CT molecular complexity index is 506. The second-order valence-electron chi connectivity index (χ2n) is 6.43. The molecule has 0 saturated heterocycles. The van der Waals surface area contributed by atoms with E-state index in [9.17, 15) is 4.79 Å². The molecule has 1 aromatic carbocycles. The first-order chi connectivity index (χ1) is 10.2. The third-order valence-corrected chi connectivity index (χ3v) is 4.77. The van der Waals surface area contributed by atoms with Crippen LogP contribution in [0.2, 0.25) is 0 Å². The number of carbonyl (C=O) groups excluding carboxylic acids is 1. The average Bonchev–Trinajstić information content (AvgIpc) is 2.53. The molecule has 1 aliphatic carbocycles. The summed E-state index contributed by atoms with van der Waals surface area (Å²) in [7, 11) is 0. The van der Waals surface area contributed by atoms with Gasteiger partial charge in [-0.2, -0.15) is 0 Å². The van der Waals surface area contributed by atoms with E-state index >= 15 is 0 Å². The quantitative estimate of drug-likeness (QED) is 0.922. The Labute approximate surface area is 127 Å². The molecule has 0 amide bonds. The van der Waals surface area contributed by atoms with Crippen LogP contribution < -0.4 is 10.1 Å². The highest BCUT2D eigenvalue weighted by Gasteiger charge is 2.29. The van der Waals surface area contributed by atoms with Crippen molar-refractivity contribution < 1.29 is 9.53 Å². The Hall–Kier alpha value is -1.35. The van der Waals surface area contributed by atoms with Gasteiger partial charge < -0.3 is 10.1 Å². The van der Waals surface area contributed by atoms with Gasteiger partial charge in [0.15, 0.2) is 5.78 Å². The van der Waals surface area contributed by atoms with Crippen molar-refractivity contribution in [2.45, 2.75) is 51.5 Å². The molecule has 0 bridgehead atoms. The van der Waals surface area contributed by atoms with E-state index in [4.69, 9.17) is 4.74 Å². The van der Waals surface area contributed by atoms with E-state index in [-0.39, 0.29) is 12.4 Å². The number of carbonyl (C=O) groups is 1. The standard InChI is InChI=1S/C18H25NO2/c1-13(20)12-21-16-8-7-14-9-10-19-18(17(14)11-16)15-5-3-2-4-6-15/h7-8,11,15,18-19H,2-6,9-10,12H2,1H3. The third kappa shape index (κ3) is 3.46. The van der Waals surface area contributed by atoms with Crippen LogP contribution in [0.15, 0.2) is 18.2 Å². The molecule has 2 aliphatic rings. The average molecular weight is 287 g/mol. The zero-order valence-electron chi connectivity index (χ0n) is 12.9. The van der Waals surface area contributed by atoms with Crippen LogP contribution in [0.5, 0.6) is 5.75 Å². The fourth-order valence-corrected chi connectivity index (χ4v) is 3.73. The molecule has 1 atom stereocenters. The second-order valence-corrected chi connectivity index (χ2v) is 6.43. The van der Waals surface area contributed by atoms with Crippen molar-refractivity contribution in [2.24, 2.45) is 5.92 Å². The van der Waals surface area contributed by atoms with Crippen LogP contribution >= 0.6 is 0 Å². The van der Waals surface area contributed by atoms with E-state index in [0.717, 1.165) is 24.6 Å². The Balaban J connectivity index is 1.80. The van der Waals surface area contributed by atoms with Gasteiger partial charge in [0.2, 0.25) is 0 Å². The fraction of sp³-hybridized carbons (Fsp3) is 0.611. The second kappa shape index (κ2) is 6.61. The predicted molar refractivity (Wildman–Crippen MR) is 83.6 cm³/mol. The summed E-state index contributed by atoms with van der Waals surface area (Å²) in [5, 5.41) is 3.71. The first kappa shape index (κ1) is 14.6. The molecule has 21 heavy (non-hydrogen) atoms. The third-order valence-electron chi connectivity index (χ3n) is 4.77. The van der Waals surface area contributed by atoms with Crippen LogP contribution in [0, 0.1) is 5.92 Å². The van der Waals surface area contributed by atoms with Crippen molar-refractivity contribution in [2.75, 3.05) is 13.2 Å². The van der Waals surface area contributed by atoms with Gasteiger partial charge in [-0.05, 0) is 61.9 Å². The molecule has 0 spiro atoms. The Morgan fingerprint density at radius 3 is 2.86 bits per heavy atom. The molecule has 1 fully saturated rings. The van der Waals surface area contributed by atoms with Crippen molar-refractivity contribution >= 4 is 5.78 Å². The van der Waals surface area contributed by atoms with Gasteiger partial charge in [0.05, 0.1) is 0 Å². The maximum absolute atomic E-state index is 11.1. The molecular formula is C18H25NO2. The van der Waals surface area contributed by atoms with E-state index in [0.29, 0.717) is 6.04 Å². The van der Waals surface area contributed by atoms with E-state index in [1.165, 1.54) is 43.2 Å². The lowest BCUT2D eigenvalue weighted by Crippen LogP contribution is -2.35. The minimum Gasteiger partial charge on any atom is -0.486 e. The van der Waals surface area contributed by atoms with E-state index in [1.807, 2.05) is 6.07 Å². The molecule has 3 heteroatoms. The van der Waals surface area contributed by atoms with Crippen molar-refractivity contribution in [1.29, 1.82) is 0 Å². The number of Topliss-reactive ketones (excluding diaryl/α,β-unsaturated/α-hetero) is 1. The molecule has 3 nitrogen and oxygen atoms in total. The number of hydrogen-bond acceptors (Lipinski definition) is 3. The lowest BCUT2D eigenvalue weighted by molar-refractivity contribution is -0.118. The van der Waals surface area contributed by atoms with E-state index in [2.05, 4.69) is 17.4 Å². The SMILES string of the molecule is CC(=O)COc1ccc2c(c1)C(C1CCCCC1)NCC2. The van der Waals surface area contributed by atoms with Gasteiger partial charge in [0.1, 0.15) is 12.4 Å². The normalized spacial score (nSPS) is 22.6. The van der Waals surface area contributed by atoms with Gasteiger partial charge in [0.25, 0.3) is 0 Å². The zero-order valence-corrected chi connectivity index (χ0v) is 12.9. The van der Waals surface area contributed by atoms with Crippen LogP contribution in [-0.2, 0) is 11.2 Å². The van der Waals surface area contributed by atoms with Gasteiger partial charge in [-0.15, -0.1) is 0 Å². The van der Waals surface area contributed by atoms with Gasteiger partial charge in [-0.3, -0.25) is 4.79 Å². The molecule has 0 aromatic heterocycles. The van der Waals surface area contributed by atoms with Gasteiger partial charge in [-0.1, -0.05) is 25.3 Å². The Kier molecular flexibility index (Phi) is 4.59. The lowest BCUT2D eigenvalue weighted by atomic mass is 9.78. The van der Waals surface area contributed by atoms with E-state index < -0.39 is 0 Å². The molecular weight excluding hydrogens is 262 g/mol. The molecule has 1 aliphatic heterocycles. The largest absolute Gasteiger partial charge is 0.486 e. The first-order valence-electron chi connectivity index (χ1n) is 8.22. The van der Waals surface area contributed by atoms with Gasteiger partial charge >= 0.3 is 0 Å². The van der Waals surface area contributed by atoms with Crippen molar-refractivity contribution in [3.8, 4) is 5.75 Å². The smallest absolute Gasteiger partial charge is 0.167 e. The topological polar surface area (TPSA) is 38.3 Å². The van der Waals surface area contributed by atoms with Gasteiger partial charge in [-0.25, -0.2) is 0 Å². The van der Waals surface area contributed by atoms with Crippen molar-refractivity contribution in [3.05, 3.63) is 29.3 Å². The summed E-state index contributed by atoms with van der Waals surface area (Å²) in [4.78, 5) is 11.1. The first-order valence-corrected chi connectivity index (χ1v) is 8.22. The monoisotopic (exact) mass is 287 g/mol. The number of fused-ring (bicyclic) bond motifs is 1. The highest BCUT2D eigenvalue weighted by Crippen LogP contribution is 2.38. The summed E-state index contributed by atoms with van der Waals surface area (Å²) in [5.74, 6) is 1.64. The predicted octanol–water partition coefficient (Wildman–Crippen LogP) is 3.42. The summed E-state index contributed by atoms with van der Waals surface area (Å²) in [6, 6.07) is 6.81. The van der Waals surface area contributed by atoms with Crippen LogP contribution in [0.1, 0.15) is 56.2 Å². The van der Waals surface area contributed by atoms with Crippen LogP contribution in [0.4, 0.5) is 0 Å². The molecule has 1 saturated carbocycles. The highest BCUT2D eigenvalue weighted by atomic mass is 16.5. The summed E-state index contributed by atoms with van der Waals surface area (Å²) in [6.07, 6.45) is 7.85. The minimum absolute atomic E-state index is 0.0645. The summed E-state index contributed by atoms with van der Waals surface area (Å²) >= 11 is 0. The molecule has 1 N–H and O–H groups in total. The number of nitrogens with one attached hydrogen (secondary N) is 1. The van der Waals surface area contributed by atoms with Crippen LogP contribution in [0.25, 0.3) is 0 Å². The number of hydrogen-bond donors (Lipinski definition) is 1. The minimum atomic E-state index is 0.0645. The molecule has 1 heterocycles. The lowest BCUT2D eigenvalue weighted by Gasteiger charge is -2.35. The highest BCUT2D eigenvalue weighted by molar-refractivity contribution is 5.77. The molecule has 1 unspecified atom stereocenters. The maximum Gasteiger partial charge on any atom is 0.167 e. The number of ether oxygens (including phenoxy) is 1. The van der Waals surface area contributed by atoms with Crippen molar-refractivity contribution in [3.63, 3.8) is 0 Å². The van der Waals surface area contributed by atoms with Gasteiger partial charge in [0, 0.05) is 6.04 Å². The van der Waals surface area contributed by atoms with Crippen LogP contribution in [0.3, 0.4) is 0 Å². The summed E-state index contributed by atoms with van der Waals surface area (Å²) in [6.45, 7) is 2.80. The number of benzene rings is 1. The van der Waals surface area contributed by atoms with E-state index in [1.54, 1.807) is 6.92 Å². The molecule has 114 valence electrons. The molecule has 0 radical (unpaired) electrons.